The number of nitriles is 1. The second-order valence-corrected chi connectivity index (χ2v) is 7.91. The van der Waals surface area contributed by atoms with Crippen LogP contribution in [0.5, 0.6) is 0 Å². The third kappa shape index (κ3) is 5.15. The molecule has 2 heterocycles. The van der Waals surface area contributed by atoms with Crippen LogP contribution >= 0.6 is 0 Å². The largest absolute Gasteiger partial charge is 0.368 e. The Morgan fingerprint density at radius 3 is 2.82 bits per heavy atom. The summed E-state index contributed by atoms with van der Waals surface area (Å²) >= 11 is 0. The standard InChI is InChI=1S/C21H33N7/c1-23-21(24-14-19-16-26(2)11-12-27(19)3)25-18-8-6-10-28(15-18)20-9-5-4-7-17(20)13-22/h4-5,7,9,18-19H,6,8,10-12,14-16H2,1-3H3,(H2,23,24,25). The first-order valence-corrected chi connectivity index (χ1v) is 10.2. The third-order valence-corrected chi connectivity index (χ3v) is 5.84. The number of piperidine rings is 1. The van der Waals surface area contributed by atoms with Crippen molar-refractivity contribution >= 4 is 11.6 Å². The van der Waals surface area contributed by atoms with Crippen LogP contribution in [0.4, 0.5) is 5.69 Å². The molecule has 152 valence electrons. The molecule has 2 aliphatic rings. The highest BCUT2D eigenvalue weighted by atomic mass is 15.3. The van der Waals surface area contributed by atoms with Crippen molar-refractivity contribution in [1.29, 1.82) is 5.26 Å². The number of nitrogens with one attached hydrogen (secondary N) is 2. The van der Waals surface area contributed by atoms with Gasteiger partial charge in [0.1, 0.15) is 6.07 Å². The summed E-state index contributed by atoms with van der Waals surface area (Å²) in [6.45, 7) is 6.05. The Kier molecular flexibility index (Phi) is 7.12. The Morgan fingerprint density at radius 1 is 1.21 bits per heavy atom. The Bertz CT molecular complexity index is 711. The highest BCUT2D eigenvalue weighted by Crippen LogP contribution is 2.23. The topological polar surface area (TPSA) is 69.9 Å². The van der Waals surface area contributed by atoms with Crippen molar-refractivity contribution in [2.75, 3.05) is 65.3 Å². The summed E-state index contributed by atoms with van der Waals surface area (Å²) in [5.41, 5.74) is 1.78. The van der Waals surface area contributed by atoms with Gasteiger partial charge in [0.15, 0.2) is 5.96 Å². The zero-order valence-corrected chi connectivity index (χ0v) is 17.4. The first-order chi connectivity index (χ1) is 13.6. The van der Waals surface area contributed by atoms with Gasteiger partial charge < -0.3 is 20.4 Å². The number of anilines is 1. The van der Waals surface area contributed by atoms with Crippen molar-refractivity contribution < 1.29 is 0 Å². The lowest BCUT2D eigenvalue weighted by Crippen LogP contribution is -2.57. The van der Waals surface area contributed by atoms with Gasteiger partial charge >= 0.3 is 0 Å². The maximum absolute atomic E-state index is 9.40. The first kappa shape index (κ1) is 20.4. The summed E-state index contributed by atoms with van der Waals surface area (Å²) in [6, 6.07) is 11.0. The normalized spacial score (nSPS) is 24.6. The number of aliphatic imine (C=N–C) groups is 1. The number of guanidine groups is 1. The van der Waals surface area contributed by atoms with Gasteiger partial charge in [-0.05, 0) is 39.1 Å². The van der Waals surface area contributed by atoms with Crippen LogP contribution in [0.1, 0.15) is 18.4 Å². The second-order valence-electron chi connectivity index (χ2n) is 7.91. The number of hydrogen-bond donors (Lipinski definition) is 2. The van der Waals surface area contributed by atoms with Gasteiger partial charge in [0.25, 0.3) is 0 Å². The van der Waals surface area contributed by atoms with Crippen LogP contribution in [0.15, 0.2) is 29.3 Å². The summed E-state index contributed by atoms with van der Waals surface area (Å²) in [7, 11) is 6.21. The summed E-state index contributed by atoms with van der Waals surface area (Å²) in [5.74, 6) is 0.863. The molecule has 0 aliphatic carbocycles. The molecule has 3 rings (SSSR count). The number of likely N-dealkylation sites (N-methyl/N-ethyl adjacent to an activating group) is 2. The molecule has 2 unspecified atom stereocenters. The zero-order chi connectivity index (χ0) is 19.9. The Labute approximate surface area is 169 Å². The SMILES string of the molecule is CN=C(NCC1CN(C)CCN1C)NC1CCCN(c2ccccc2C#N)C1. The number of piperazine rings is 1. The van der Waals surface area contributed by atoms with Crippen LogP contribution in [0.3, 0.4) is 0 Å². The van der Waals surface area contributed by atoms with E-state index in [1.807, 2.05) is 31.3 Å². The third-order valence-electron chi connectivity index (χ3n) is 5.84. The average Bonchev–Trinajstić information content (AvgIpc) is 2.73. The monoisotopic (exact) mass is 383 g/mol. The van der Waals surface area contributed by atoms with Crippen molar-refractivity contribution in [1.82, 2.24) is 20.4 Å². The number of para-hydroxylation sites is 1. The maximum Gasteiger partial charge on any atom is 0.191 e. The molecule has 0 bridgehead atoms. The van der Waals surface area contributed by atoms with Crippen LogP contribution in [-0.2, 0) is 0 Å². The summed E-state index contributed by atoms with van der Waals surface area (Å²) < 4.78 is 0. The van der Waals surface area contributed by atoms with E-state index in [0.29, 0.717) is 12.1 Å². The molecule has 2 saturated heterocycles. The molecule has 0 spiro atoms. The van der Waals surface area contributed by atoms with E-state index in [-0.39, 0.29) is 0 Å². The van der Waals surface area contributed by atoms with E-state index in [1.54, 1.807) is 0 Å². The lowest BCUT2D eigenvalue weighted by Gasteiger charge is -2.38. The minimum atomic E-state index is 0.318. The van der Waals surface area contributed by atoms with Crippen molar-refractivity contribution in [3.05, 3.63) is 29.8 Å². The highest BCUT2D eigenvalue weighted by molar-refractivity contribution is 5.80. The molecule has 2 N–H and O–H groups in total. The molecule has 0 aromatic heterocycles. The molecule has 1 aromatic rings. The molecule has 0 radical (unpaired) electrons. The minimum Gasteiger partial charge on any atom is -0.368 e. The molecular weight excluding hydrogens is 350 g/mol. The number of nitrogens with zero attached hydrogens (tertiary/aromatic N) is 5. The molecule has 2 aliphatic heterocycles. The van der Waals surface area contributed by atoms with Gasteiger partial charge in [-0.2, -0.15) is 5.26 Å². The van der Waals surface area contributed by atoms with Gasteiger partial charge in [0.2, 0.25) is 0 Å². The predicted molar refractivity (Wildman–Crippen MR) is 115 cm³/mol. The zero-order valence-electron chi connectivity index (χ0n) is 17.4. The van der Waals surface area contributed by atoms with E-state index in [2.05, 4.69) is 50.5 Å². The van der Waals surface area contributed by atoms with E-state index in [9.17, 15) is 5.26 Å². The van der Waals surface area contributed by atoms with Crippen molar-refractivity contribution in [2.45, 2.75) is 24.9 Å². The molecule has 0 amide bonds. The van der Waals surface area contributed by atoms with Crippen molar-refractivity contribution in [3.63, 3.8) is 0 Å². The number of rotatable bonds is 4. The van der Waals surface area contributed by atoms with Gasteiger partial charge in [-0.1, -0.05) is 12.1 Å². The van der Waals surface area contributed by atoms with Gasteiger partial charge in [-0.15, -0.1) is 0 Å². The molecular formula is C21H33N7. The van der Waals surface area contributed by atoms with Crippen LogP contribution in [0.25, 0.3) is 0 Å². The van der Waals surface area contributed by atoms with Crippen LogP contribution in [0.2, 0.25) is 0 Å². The molecule has 7 nitrogen and oxygen atoms in total. The van der Waals surface area contributed by atoms with Crippen LogP contribution in [-0.4, -0.2) is 88.3 Å². The predicted octanol–water partition coefficient (Wildman–Crippen LogP) is 0.938. The maximum atomic E-state index is 9.40. The quantitative estimate of drug-likeness (QED) is 0.596. The summed E-state index contributed by atoms with van der Waals surface area (Å²) in [4.78, 5) is 11.6. The van der Waals surface area contributed by atoms with Crippen molar-refractivity contribution in [2.24, 2.45) is 4.99 Å². The van der Waals surface area contributed by atoms with E-state index < -0.39 is 0 Å². The lowest BCUT2D eigenvalue weighted by molar-refractivity contribution is 0.116. The molecule has 2 fully saturated rings. The average molecular weight is 384 g/mol. The Morgan fingerprint density at radius 2 is 2.04 bits per heavy atom. The van der Waals surface area contributed by atoms with Gasteiger partial charge in [0.05, 0.1) is 11.3 Å². The van der Waals surface area contributed by atoms with Crippen LogP contribution in [0, 0.1) is 11.3 Å². The Balaban J connectivity index is 1.55. The molecule has 1 aromatic carbocycles. The van der Waals surface area contributed by atoms with E-state index >= 15 is 0 Å². The molecule has 28 heavy (non-hydrogen) atoms. The van der Waals surface area contributed by atoms with Crippen molar-refractivity contribution in [3.8, 4) is 6.07 Å². The first-order valence-electron chi connectivity index (χ1n) is 10.2. The molecule has 7 heteroatoms. The lowest BCUT2D eigenvalue weighted by atomic mass is 10.0. The fourth-order valence-corrected chi connectivity index (χ4v) is 4.08. The smallest absolute Gasteiger partial charge is 0.191 e. The Hall–Kier alpha value is -2.30. The number of benzene rings is 1. The number of hydrogen-bond acceptors (Lipinski definition) is 5. The van der Waals surface area contributed by atoms with E-state index in [4.69, 9.17) is 0 Å². The molecule has 0 saturated carbocycles. The van der Waals surface area contributed by atoms with E-state index in [1.165, 1.54) is 0 Å². The highest BCUT2D eigenvalue weighted by Gasteiger charge is 2.24. The van der Waals surface area contributed by atoms with Gasteiger partial charge in [-0.25, -0.2) is 0 Å². The van der Waals surface area contributed by atoms with E-state index in [0.717, 1.165) is 69.3 Å². The summed E-state index contributed by atoms with van der Waals surface area (Å²) in [6.07, 6.45) is 2.21. The minimum absolute atomic E-state index is 0.318. The second kappa shape index (κ2) is 9.76. The fourth-order valence-electron chi connectivity index (χ4n) is 4.08. The fraction of sp³-hybridized carbons (Fsp3) is 0.619. The van der Waals surface area contributed by atoms with Crippen LogP contribution < -0.4 is 15.5 Å². The van der Waals surface area contributed by atoms with Gasteiger partial charge in [-0.3, -0.25) is 9.89 Å². The van der Waals surface area contributed by atoms with Gasteiger partial charge in [0, 0.05) is 58.4 Å². The summed E-state index contributed by atoms with van der Waals surface area (Å²) in [5, 5.41) is 16.5. The molecule has 2 atom stereocenters.